The largest absolute Gasteiger partial charge is 0.444 e. The summed E-state index contributed by atoms with van der Waals surface area (Å²) in [4.78, 5) is 28.8. The molecule has 3 rings (SSSR count). The average molecular weight is 432 g/mol. The second-order valence-electron chi connectivity index (χ2n) is 10.4. The van der Waals surface area contributed by atoms with Crippen molar-refractivity contribution >= 4 is 17.9 Å². The molecule has 0 radical (unpaired) electrons. The van der Waals surface area contributed by atoms with Gasteiger partial charge < -0.3 is 19.7 Å². The number of fused-ring (bicyclic) bond motifs is 1. The molecule has 1 aromatic carbocycles. The van der Waals surface area contributed by atoms with E-state index >= 15 is 0 Å². The van der Waals surface area contributed by atoms with E-state index in [1.165, 1.54) is 5.56 Å². The van der Waals surface area contributed by atoms with Crippen LogP contribution in [0, 0.1) is 0 Å². The van der Waals surface area contributed by atoms with Crippen LogP contribution < -0.4 is 10.2 Å². The Hall–Kier alpha value is -2.28. The number of carbonyl (C=O) groups excluding carboxylic acids is 2. The minimum atomic E-state index is -0.527. The van der Waals surface area contributed by atoms with Gasteiger partial charge in [-0.2, -0.15) is 0 Å². The van der Waals surface area contributed by atoms with E-state index < -0.39 is 11.2 Å². The van der Waals surface area contributed by atoms with Crippen molar-refractivity contribution in [3.63, 3.8) is 0 Å². The van der Waals surface area contributed by atoms with Crippen LogP contribution in [0.4, 0.5) is 15.3 Å². The van der Waals surface area contributed by atoms with Crippen molar-refractivity contribution in [2.45, 2.75) is 84.6 Å². The van der Waals surface area contributed by atoms with Gasteiger partial charge in [-0.3, -0.25) is 4.90 Å². The zero-order valence-corrected chi connectivity index (χ0v) is 19.8. The fourth-order valence-electron chi connectivity index (χ4n) is 3.73. The van der Waals surface area contributed by atoms with Crippen molar-refractivity contribution < 1.29 is 19.1 Å². The molecule has 1 aliphatic carbocycles. The number of carbonyl (C=O) groups is 2. The van der Waals surface area contributed by atoms with Gasteiger partial charge >= 0.3 is 12.2 Å². The summed E-state index contributed by atoms with van der Waals surface area (Å²) in [7, 11) is 0. The van der Waals surface area contributed by atoms with Crippen molar-refractivity contribution in [3.8, 4) is 0 Å². The number of hydrogen-bond donors (Lipinski definition) is 1. The Kier molecular flexibility index (Phi) is 6.84. The molecule has 0 atom stereocenters. The summed E-state index contributed by atoms with van der Waals surface area (Å²) in [5, 5.41) is 3.44. The van der Waals surface area contributed by atoms with Gasteiger partial charge in [0.15, 0.2) is 0 Å². The maximum Gasteiger partial charge on any atom is 0.414 e. The van der Waals surface area contributed by atoms with Gasteiger partial charge in [0.25, 0.3) is 0 Å². The number of ether oxygens (including phenoxy) is 2. The molecule has 172 valence electrons. The van der Waals surface area contributed by atoms with Gasteiger partial charge in [-0.25, -0.2) is 9.59 Å². The average Bonchev–Trinajstić information content (AvgIpc) is 3.36. The molecule has 0 aromatic heterocycles. The molecule has 7 nitrogen and oxygen atoms in total. The van der Waals surface area contributed by atoms with Gasteiger partial charge in [0, 0.05) is 32.2 Å². The highest BCUT2D eigenvalue weighted by Crippen LogP contribution is 2.33. The van der Waals surface area contributed by atoms with Gasteiger partial charge in [-0.15, -0.1) is 0 Å². The molecular weight excluding hydrogens is 394 g/mol. The van der Waals surface area contributed by atoms with Crippen LogP contribution in [0.3, 0.4) is 0 Å². The van der Waals surface area contributed by atoms with Crippen molar-refractivity contribution in [1.82, 2.24) is 10.2 Å². The van der Waals surface area contributed by atoms with Crippen LogP contribution in [0.2, 0.25) is 0 Å². The highest BCUT2D eigenvalue weighted by molar-refractivity contribution is 5.91. The molecule has 0 unspecified atom stereocenters. The maximum atomic E-state index is 12.7. The Bertz CT molecular complexity index is 806. The van der Waals surface area contributed by atoms with E-state index in [0.29, 0.717) is 32.2 Å². The molecule has 0 spiro atoms. The molecule has 0 saturated heterocycles. The number of amides is 2. The van der Waals surface area contributed by atoms with Crippen molar-refractivity contribution in [1.29, 1.82) is 0 Å². The summed E-state index contributed by atoms with van der Waals surface area (Å²) in [6.45, 7) is 13.8. The molecule has 1 aliphatic heterocycles. The topological polar surface area (TPSA) is 71.1 Å². The maximum absolute atomic E-state index is 12.7. The monoisotopic (exact) mass is 431 g/mol. The van der Waals surface area contributed by atoms with Crippen LogP contribution in [0.1, 0.15) is 65.5 Å². The normalized spacial score (nSPS) is 16.1. The fourth-order valence-corrected chi connectivity index (χ4v) is 3.73. The number of para-hydroxylation sites is 1. The van der Waals surface area contributed by atoms with Crippen LogP contribution in [0.25, 0.3) is 0 Å². The predicted molar refractivity (Wildman–Crippen MR) is 121 cm³/mol. The molecule has 7 heteroatoms. The van der Waals surface area contributed by atoms with Crippen molar-refractivity contribution in [3.05, 3.63) is 29.3 Å². The van der Waals surface area contributed by atoms with Crippen LogP contribution in [0.5, 0.6) is 0 Å². The van der Waals surface area contributed by atoms with Gasteiger partial charge in [0.1, 0.15) is 11.2 Å². The van der Waals surface area contributed by atoms with Gasteiger partial charge in [0.2, 0.25) is 0 Å². The second-order valence-corrected chi connectivity index (χ2v) is 10.4. The summed E-state index contributed by atoms with van der Waals surface area (Å²) in [5.74, 6) is 0. The zero-order valence-electron chi connectivity index (χ0n) is 19.8. The summed E-state index contributed by atoms with van der Waals surface area (Å²) < 4.78 is 11.2. The van der Waals surface area contributed by atoms with Gasteiger partial charge in [0.05, 0.1) is 5.69 Å². The highest BCUT2D eigenvalue weighted by Gasteiger charge is 2.35. The van der Waals surface area contributed by atoms with Crippen LogP contribution >= 0.6 is 0 Å². The molecule has 1 aromatic rings. The number of nitrogens with zero attached hydrogens (tertiary/aromatic N) is 2. The Balaban J connectivity index is 1.59. The molecule has 1 saturated carbocycles. The lowest BCUT2D eigenvalue weighted by Gasteiger charge is -2.28. The van der Waals surface area contributed by atoms with E-state index in [9.17, 15) is 9.59 Å². The van der Waals surface area contributed by atoms with Crippen LogP contribution in [-0.4, -0.2) is 54.0 Å². The summed E-state index contributed by atoms with van der Waals surface area (Å²) in [5.41, 5.74) is 2.17. The fraction of sp³-hybridized carbons (Fsp3) is 0.667. The molecule has 1 fully saturated rings. The third kappa shape index (κ3) is 6.60. The number of nitrogens with one attached hydrogen (secondary N) is 1. The van der Waals surface area contributed by atoms with E-state index in [-0.39, 0.29) is 12.2 Å². The van der Waals surface area contributed by atoms with Crippen LogP contribution in [-0.2, 0) is 22.4 Å². The first-order valence-corrected chi connectivity index (χ1v) is 11.3. The Morgan fingerprint density at radius 2 is 1.77 bits per heavy atom. The van der Waals surface area contributed by atoms with E-state index in [4.69, 9.17) is 9.47 Å². The quantitative estimate of drug-likeness (QED) is 0.673. The standard InChI is InChI=1S/C24H37N3O4/c1-23(2,3)30-21(28)26(19-10-11-19)15-13-25-16-18-9-7-8-17-12-14-27(20(17)18)22(29)31-24(4,5)6/h7-9,19,25H,10-16H2,1-6H3. The van der Waals surface area contributed by atoms with Gasteiger partial charge in [-0.1, -0.05) is 18.2 Å². The molecule has 2 aliphatic rings. The van der Waals surface area contributed by atoms with Gasteiger partial charge in [-0.05, 0) is 71.9 Å². The lowest BCUT2D eigenvalue weighted by molar-refractivity contribution is 0.0235. The molecular formula is C24H37N3O4. The first-order valence-electron chi connectivity index (χ1n) is 11.3. The summed E-state index contributed by atoms with van der Waals surface area (Å²) >= 11 is 0. The summed E-state index contributed by atoms with van der Waals surface area (Å²) in [6, 6.07) is 6.44. The first-order chi connectivity index (χ1) is 14.4. The van der Waals surface area contributed by atoms with E-state index in [2.05, 4.69) is 11.4 Å². The minimum Gasteiger partial charge on any atom is -0.444 e. The molecule has 0 bridgehead atoms. The zero-order chi connectivity index (χ0) is 22.8. The van der Waals surface area contributed by atoms with E-state index in [1.807, 2.05) is 58.6 Å². The molecule has 2 amide bonds. The molecule has 31 heavy (non-hydrogen) atoms. The lowest BCUT2D eigenvalue weighted by Crippen LogP contribution is -2.41. The summed E-state index contributed by atoms with van der Waals surface area (Å²) in [6.07, 6.45) is 2.36. The van der Waals surface area contributed by atoms with E-state index in [0.717, 1.165) is 30.5 Å². The smallest absolute Gasteiger partial charge is 0.414 e. The molecule has 1 N–H and O–H groups in total. The minimum absolute atomic E-state index is 0.242. The number of benzene rings is 1. The lowest BCUT2D eigenvalue weighted by atomic mass is 10.1. The van der Waals surface area contributed by atoms with E-state index in [1.54, 1.807) is 4.90 Å². The SMILES string of the molecule is CC(C)(C)OC(=O)N1CCc2cccc(CNCCN(C(=O)OC(C)(C)C)C3CC3)c21. The number of hydrogen-bond acceptors (Lipinski definition) is 5. The third-order valence-corrected chi connectivity index (χ3v) is 5.15. The Morgan fingerprint density at radius 3 is 2.39 bits per heavy atom. The third-order valence-electron chi connectivity index (χ3n) is 5.15. The molecule has 1 heterocycles. The first kappa shape index (κ1) is 23.4. The van der Waals surface area contributed by atoms with Crippen molar-refractivity contribution in [2.75, 3.05) is 24.5 Å². The number of rotatable bonds is 6. The highest BCUT2D eigenvalue weighted by atomic mass is 16.6. The predicted octanol–water partition coefficient (Wildman–Crippen LogP) is 4.47. The Labute approximate surface area is 186 Å². The second kappa shape index (κ2) is 9.07. The number of anilines is 1. The van der Waals surface area contributed by atoms with Crippen LogP contribution in [0.15, 0.2) is 18.2 Å². The van der Waals surface area contributed by atoms with Crippen molar-refractivity contribution in [2.24, 2.45) is 0 Å². The Morgan fingerprint density at radius 1 is 1.10 bits per heavy atom.